The summed E-state index contributed by atoms with van der Waals surface area (Å²) in [6, 6.07) is 18.0. The van der Waals surface area contributed by atoms with E-state index in [-0.39, 0.29) is 4.90 Å². The molecule has 0 radical (unpaired) electrons. The number of hydrogen-bond acceptors (Lipinski definition) is 5. The lowest BCUT2D eigenvalue weighted by Gasteiger charge is -2.21. The van der Waals surface area contributed by atoms with Crippen LogP contribution < -0.4 is 5.32 Å². The minimum Gasteiger partial charge on any atom is -0.481 e. The second-order valence-corrected chi connectivity index (χ2v) is 11.0. The van der Waals surface area contributed by atoms with Crippen LogP contribution in [0.4, 0.5) is 0 Å². The second-order valence-electron chi connectivity index (χ2n) is 8.42. The highest BCUT2D eigenvalue weighted by Gasteiger charge is 2.25. The number of fused-ring (bicyclic) bond motifs is 2. The van der Waals surface area contributed by atoms with Gasteiger partial charge in [0.25, 0.3) is 10.1 Å². The van der Waals surface area contributed by atoms with Crippen LogP contribution in [0.15, 0.2) is 71.1 Å². The van der Waals surface area contributed by atoms with Gasteiger partial charge in [-0.15, -0.1) is 11.3 Å². The van der Waals surface area contributed by atoms with Gasteiger partial charge in [0.2, 0.25) is 0 Å². The molecule has 2 heterocycles. The number of benzene rings is 2. The normalized spacial score (nSPS) is 15.8. The summed E-state index contributed by atoms with van der Waals surface area (Å²) in [5.74, 6) is -1.24. The van der Waals surface area contributed by atoms with Gasteiger partial charge in [-0.25, -0.2) is 0 Å². The molecular weight excluding hydrogens is 482 g/mol. The number of aliphatic carboxylic acids is 1. The molecule has 0 amide bonds. The number of carboxylic acid groups (broad SMARTS) is 1. The van der Waals surface area contributed by atoms with Crippen LogP contribution in [0.25, 0.3) is 17.7 Å². The Balaban J connectivity index is 0.000000243. The Morgan fingerprint density at radius 3 is 2.26 bits per heavy atom. The maximum Gasteiger partial charge on any atom is 0.311 e. The predicted molar refractivity (Wildman–Crippen MR) is 140 cm³/mol. The molecule has 1 aromatic heterocycles. The Morgan fingerprint density at radius 1 is 0.971 bits per heavy atom. The highest BCUT2D eigenvalue weighted by Crippen LogP contribution is 2.42. The number of piperidine rings is 1. The Hall–Kier alpha value is -3.04. The van der Waals surface area contributed by atoms with Crippen LogP contribution in [0.5, 0.6) is 0 Å². The Bertz CT molecular complexity index is 1380. The molecule has 35 heavy (non-hydrogen) atoms. The van der Waals surface area contributed by atoms with Crippen molar-refractivity contribution in [2.75, 3.05) is 13.1 Å². The highest BCUT2D eigenvalue weighted by molar-refractivity contribution is 7.85. The summed E-state index contributed by atoms with van der Waals surface area (Å²) in [6.45, 7) is 3.78. The van der Waals surface area contributed by atoms with E-state index in [0.717, 1.165) is 30.8 Å². The molecule has 5 rings (SSSR count). The largest absolute Gasteiger partial charge is 0.481 e. The van der Waals surface area contributed by atoms with Gasteiger partial charge in [0.1, 0.15) is 0 Å². The fourth-order valence-corrected chi connectivity index (χ4v) is 5.83. The van der Waals surface area contributed by atoms with Crippen LogP contribution in [-0.4, -0.2) is 37.1 Å². The highest BCUT2D eigenvalue weighted by atomic mass is 32.2. The first-order valence-electron chi connectivity index (χ1n) is 11.4. The molecule has 0 spiro atoms. The van der Waals surface area contributed by atoms with E-state index in [0.29, 0.717) is 0 Å². The lowest BCUT2D eigenvalue weighted by molar-refractivity contribution is -0.138. The summed E-state index contributed by atoms with van der Waals surface area (Å²) in [5.41, 5.74) is 6.49. The minimum absolute atomic E-state index is 0.0741. The summed E-state index contributed by atoms with van der Waals surface area (Å²) in [7, 11) is -4.00. The molecule has 1 aliphatic heterocycles. The van der Waals surface area contributed by atoms with Gasteiger partial charge < -0.3 is 10.4 Å². The average molecular weight is 510 g/mol. The van der Waals surface area contributed by atoms with Crippen molar-refractivity contribution in [2.45, 2.75) is 30.6 Å². The van der Waals surface area contributed by atoms with Gasteiger partial charge in [-0.3, -0.25) is 9.35 Å². The smallest absolute Gasteiger partial charge is 0.311 e. The maximum absolute atomic E-state index is 11.4. The molecule has 3 N–H and O–H groups in total. The summed E-state index contributed by atoms with van der Waals surface area (Å²) in [4.78, 5) is 13.4. The molecule has 8 heteroatoms. The number of rotatable bonds is 3. The maximum atomic E-state index is 11.4. The molecule has 2 aliphatic rings. The van der Waals surface area contributed by atoms with Gasteiger partial charge in [0, 0.05) is 15.3 Å². The van der Waals surface area contributed by atoms with Crippen molar-refractivity contribution < 1.29 is 22.9 Å². The Morgan fingerprint density at radius 2 is 1.63 bits per heavy atom. The molecule has 1 saturated heterocycles. The van der Waals surface area contributed by atoms with Gasteiger partial charge in [0.05, 0.1) is 10.8 Å². The summed E-state index contributed by atoms with van der Waals surface area (Å²) in [5, 5.41) is 12.8. The fraction of sp³-hybridized carbons (Fsp3) is 0.222. The van der Waals surface area contributed by atoms with Gasteiger partial charge >= 0.3 is 5.97 Å². The fourth-order valence-electron chi connectivity index (χ4n) is 4.21. The van der Waals surface area contributed by atoms with Gasteiger partial charge in [-0.05, 0) is 73.8 Å². The quantitative estimate of drug-likeness (QED) is 0.313. The summed E-state index contributed by atoms with van der Waals surface area (Å²) >= 11 is 1.61. The molecule has 0 bridgehead atoms. The Kier molecular flexibility index (Phi) is 7.66. The molecule has 1 atom stereocenters. The number of thiophene rings is 1. The van der Waals surface area contributed by atoms with Crippen molar-refractivity contribution in [3.63, 3.8) is 0 Å². The van der Waals surface area contributed by atoms with E-state index < -0.39 is 22.0 Å². The lowest BCUT2D eigenvalue weighted by Crippen LogP contribution is -2.24. The van der Waals surface area contributed by atoms with Crippen LogP contribution >= 0.6 is 11.3 Å². The van der Waals surface area contributed by atoms with Crippen molar-refractivity contribution in [1.82, 2.24) is 5.32 Å². The zero-order valence-corrected chi connectivity index (χ0v) is 20.9. The van der Waals surface area contributed by atoms with Crippen molar-refractivity contribution in [3.05, 3.63) is 92.7 Å². The van der Waals surface area contributed by atoms with Crippen LogP contribution in [0, 0.1) is 0 Å². The number of hydrogen-bond donors (Lipinski definition) is 3. The number of carbonyl (C=O) groups is 1. The molecule has 6 nitrogen and oxygen atoms in total. The third kappa shape index (κ3) is 5.79. The van der Waals surface area contributed by atoms with Crippen molar-refractivity contribution in [2.24, 2.45) is 0 Å². The van der Waals surface area contributed by atoms with E-state index in [1.807, 2.05) is 0 Å². The van der Waals surface area contributed by atoms with E-state index in [1.165, 1.54) is 44.8 Å². The first-order valence-corrected chi connectivity index (χ1v) is 13.6. The van der Waals surface area contributed by atoms with Gasteiger partial charge in [-0.2, -0.15) is 8.42 Å². The number of nitrogens with one attached hydrogen (secondary N) is 1. The molecule has 1 aliphatic carbocycles. The van der Waals surface area contributed by atoms with Crippen molar-refractivity contribution in [3.8, 4) is 0 Å². The molecule has 1 unspecified atom stereocenters. The molecule has 3 aromatic rings. The van der Waals surface area contributed by atoms with E-state index in [1.54, 1.807) is 36.5 Å². The minimum atomic E-state index is -4.00. The topological polar surface area (TPSA) is 104 Å². The molecule has 1 fully saturated rings. The predicted octanol–water partition coefficient (Wildman–Crippen LogP) is 5.54. The van der Waals surface area contributed by atoms with Gasteiger partial charge in [0.15, 0.2) is 0 Å². The monoisotopic (exact) mass is 509 g/mol. The van der Waals surface area contributed by atoms with E-state index in [2.05, 4.69) is 47.8 Å². The van der Waals surface area contributed by atoms with E-state index in [4.69, 9.17) is 4.55 Å². The first-order chi connectivity index (χ1) is 16.8. The third-order valence-electron chi connectivity index (χ3n) is 6.09. The summed E-state index contributed by atoms with van der Waals surface area (Å²) in [6.07, 6.45) is 6.39. The van der Waals surface area contributed by atoms with Gasteiger partial charge in [-0.1, -0.05) is 54.1 Å². The van der Waals surface area contributed by atoms with Crippen molar-refractivity contribution in [1.29, 1.82) is 0 Å². The molecule has 0 saturated carbocycles. The molecule has 2 aromatic carbocycles. The SMILES string of the molecule is CC(C(=O)O)c1cc2c(s1)C=Cc1ccccc1C2=C1CCNCC1.O=S(=O)(O)c1ccccc1. The third-order valence-corrected chi connectivity index (χ3v) is 8.24. The Labute approximate surface area is 209 Å². The summed E-state index contributed by atoms with van der Waals surface area (Å²) < 4.78 is 29.2. The van der Waals surface area contributed by atoms with Crippen LogP contribution in [-0.2, 0) is 14.9 Å². The van der Waals surface area contributed by atoms with Crippen LogP contribution in [0.1, 0.15) is 52.1 Å². The van der Waals surface area contributed by atoms with Crippen molar-refractivity contribution >= 4 is 45.1 Å². The van der Waals surface area contributed by atoms with E-state index >= 15 is 0 Å². The van der Waals surface area contributed by atoms with Crippen LogP contribution in [0.2, 0.25) is 0 Å². The molecular formula is C27H27NO5S2. The van der Waals surface area contributed by atoms with Crippen LogP contribution in [0.3, 0.4) is 0 Å². The zero-order chi connectivity index (χ0) is 25.0. The second kappa shape index (κ2) is 10.7. The van der Waals surface area contributed by atoms with E-state index in [9.17, 15) is 18.3 Å². The standard InChI is InChI=1S/C21H21NO2S.C6H6O3S/c1-13(21(23)24)19-12-17-18(25-19)7-6-14-4-2-3-5-16(14)20(17)15-8-10-22-11-9-15;7-10(8,9)6-4-2-1-3-5-6/h2-7,12-13,22H,8-11H2,1H3,(H,23,24);1-5H,(H,7,8,9). The average Bonchev–Trinajstić information content (AvgIpc) is 3.21. The zero-order valence-electron chi connectivity index (χ0n) is 19.3. The molecule has 182 valence electrons. The first kappa shape index (κ1) is 25.1. The lowest BCUT2D eigenvalue weighted by atomic mass is 9.87. The number of carboxylic acids is 1.